The van der Waals surface area contributed by atoms with Gasteiger partial charge in [0.15, 0.2) is 5.82 Å². The molecule has 0 radical (unpaired) electrons. The van der Waals surface area contributed by atoms with Gasteiger partial charge >= 0.3 is 0 Å². The SMILES string of the molecule is COc1c(C)cnc(CN2CCC(N(C)c3cccnn3)CC2)c1C. The number of piperidine rings is 1. The van der Waals surface area contributed by atoms with E-state index in [9.17, 15) is 0 Å². The molecule has 3 rings (SSSR count). The van der Waals surface area contributed by atoms with Gasteiger partial charge < -0.3 is 9.64 Å². The van der Waals surface area contributed by atoms with Crippen LogP contribution in [0.2, 0.25) is 0 Å². The molecule has 134 valence electrons. The summed E-state index contributed by atoms with van der Waals surface area (Å²) in [4.78, 5) is 9.36. The first-order chi connectivity index (χ1) is 12.1. The normalized spacial score (nSPS) is 16.0. The van der Waals surface area contributed by atoms with Crippen molar-refractivity contribution in [2.24, 2.45) is 0 Å². The summed E-state index contributed by atoms with van der Waals surface area (Å²) in [5.41, 5.74) is 3.36. The first-order valence-corrected chi connectivity index (χ1v) is 8.82. The molecule has 3 heterocycles. The highest BCUT2D eigenvalue weighted by Gasteiger charge is 2.24. The highest BCUT2D eigenvalue weighted by molar-refractivity contribution is 5.41. The predicted molar refractivity (Wildman–Crippen MR) is 99.0 cm³/mol. The van der Waals surface area contributed by atoms with Gasteiger partial charge in [0.25, 0.3) is 0 Å². The lowest BCUT2D eigenvalue weighted by Crippen LogP contribution is -2.43. The zero-order chi connectivity index (χ0) is 17.8. The zero-order valence-corrected chi connectivity index (χ0v) is 15.6. The number of ether oxygens (including phenoxy) is 1. The van der Waals surface area contributed by atoms with Crippen LogP contribution in [0.3, 0.4) is 0 Å². The summed E-state index contributed by atoms with van der Waals surface area (Å²) in [7, 11) is 3.84. The number of hydrogen-bond acceptors (Lipinski definition) is 6. The Kier molecular flexibility index (Phi) is 5.48. The van der Waals surface area contributed by atoms with E-state index in [0.717, 1.165) is 60.9 Å². The number of nitrogens with zero attached hydrogens (tertiary/aromatic N) is 5. The lowest BCUT2D eigenvalue weighted by molar-refractivity contribution is 0.200. The van der Waals surface area contributed by atoms with E-state index in [2.05, 4.69) is 39.0 Å². The molecule has 2 aromatic heterocycles. The molecule has 0 N–H and O–H groups in total. The van der Waals surface area contributed by atoms with Crippen LogP contribution in [0.4, 0.5) is 5.82 Å². The fourth-order valence-electron chi connectivity index (χ4n) is 3.58. The molecular weight excluding hydrogens is 314 g/mol. The van der Waals surface area contributed by atoms with Crippen molar-refractivity contribution in [3.8, 4) is 5.75 Å². The van der Waals surface area contributed by atoms with Crippen LogP contribution in [-0.2, 0) is 6.54 Å². The molecule has 6 nitrogen and oxygen atoms in total. The van der Waals surface area contributed by atoms with Crippen molar-refractivity contribution in [1.82, 2.24) is 20.1 Å². The number of aryl methyl sites for hydroxylation is 1. The topological polar surface area (TPSA) is 54.4 Å². The van der Waals surface area contributed by atoms with Gasteiger partial charge in [-0.25, -0.2) is 0 Å². The monoisotopic (exact) mass is 341 g/mol. The largest absolute Gasteiger partial charge is 0.496 e. The van der Waals surface area contributed by atoms with Crippen molar-refractivity contribution in [3.05, 3.63) is 41.3 Å². The van der Waals surface area contributed by atoms with Crippen LogP contribution < -0.4 is 9.64 Å². The van der Waals surface area contributed by atoms with Crippen LogP contribution in [0.1, 0.15) is 29.7 Å². The van der Waals surface area contributed by atoms with E-state index in [1.165, 1.54) is 0 Å². The zero-order valence-electron chi connectivity index (χ0n) is 15.6. The molecule has 0 aliphatic carbocycles. The average Bonchev–Trinajstić information content (AvgIpc) is 2.65. The Hall–Kier alpha value is -2.21. The van der Waals surface area contributed by atoms with Gasteiger partial charge in [0, 0.05) is 56.2 Å². The lowest BCUT2D eigenvalue weighted by Gasteiger charge is -2.37. The van der Waals surface area contributed by atoms with Crippen LogP contribution in [0.15, 0.2) is 24.5 Å². The van der Waals surface area contributed by atoms with E-state index in [-0.39, 0.29) is 0 Å². The molecule has 1 aliphatic heterocycles. The predicted octanol–water partition coefficient (Wildman–Crippen LogP) is 2.60. The van der Waals surface area contributed by atoms with Crippen molar-refractivity contribution in [1.29, 1.82) is 0 Å². The maximum absolute atomic E-state index is 5.53. The quantitative estimate of drug-likeness (QED) is 0.833. The molecule has 0 aromatic carbocycles. The number of hydrogen-bond donors (Lipinski definition) is 0. The Bertz CT molecular complexity index is 698. The van der Waals surface area contributed by atoms with Crippen molar-refractivity contribution in [3.63, 3.8) is 0 Å². The molecule has 1 saturated heterocycles. The minimum atomic E-state index is 0.509. The van der Waals surface area contributed by atoms with Crippen molar-refractivity contribution in [2.75, 3.05) is 32.1 Å². The van der Waals surface area contributed by atoms with Crippen molar-refractivity contribution in [2.45, 2.75) is 39.3 Å². The standard InChI is InChI=1S/C19H27N5O/c1-14-12-20-17(15(2)19(14)25-4)13-24-10-7-16(8-11-24)23(3)18-6-5-9-21-22-18/h5-6,9,12,16H,7-8,10-11,13H2,1-4H3. The minimum Gasteiger partial charge on any atom is -0.496 e. The Morgan fingerprint density at radius 3 is 2.68 bits per heavy atom. The first kappa shape index (κ1) is 17.6. The minimum absolute atomic E-state index is 0.509. The first-order valence-electron chi connectivity index (χ1n) is 8.82. The second kappa shape index (κ2) is 7.78. The van der Waals surface area contributed by atoms with Crippen LogP contribution in [0.25, 0.3) is 0 Å². The van der Waals surface area contributed by atoms with E-state index >= 15 is 0 Å². The molecule has 0 spiro atoms. The molecule has 25 heavy (non-hydrogen) atoms. The van der Waals surface area contributed by atoms with Gasteiger partial charge in [0.2, 0.25) is 0 Å². The third kappa shape index (κ3) is 3.90. The van der Waals surface area contributed by atoms with Gasteiger partial charge in [-0.05, 0) is 38.8 Å². The van der Waals surface area contributed by atoms with E-state index in [1.54, 1.807) is 13.3 Å². The molecular formula is C19H27N5O. The third-order valence-electron chi connectivity index (χ3n) is 5.15. The Morgan fingerprint density at radius 2 is 2.04 bits per heavy atom. The second-order valence-electron chi connectivity index (χ2n) is 6.75. The maximum Gasteiger partial charge on any atom is 0.151 e. The van der Waals surface area contributed by atoms with Crippen molar-refractivity contribution >= 4 is 5.82 Å². The molecule has 1 fully saturated rings. The number of rotatable bonds is 5. The molecule has 0 saturated carbocycles. The smallest absolute Gasteiger partial charge is 0.151 e. The summed E-state index contributed by atoms with van der Waals surface area (Å²) in [6.45, 7) is 7.14. The van der Waals surface area contributed by atoms with Crippen LogP contribution in [0, 0.1) is 13.8 Å². The van der Waals surface area contributed by atoms with Crippen molar-refractivity contribution < 1.29 is 4.74 Å². The van der Waals surface area contributed by atoms with E-state index in [4.69, 9.17) is 4.74 Å². The summed E-state index contributed by atoms with van der Waals surface area (Å²) in [6, 6.07) is 4.47. The summed E-state index contributed by atoms with van der Waals surface area (Å²) in [5, 5.41) is 8.20. The molecule has 0 bridgehead atoms. The number of anilines is 1. The van der Waals surface area contributed by atoms with E-state index < -0.39 is 0 Å². The van der Waals surface area contributed by atoms with Gasteiger partial charge in [-0.15, -0.1) is 5.10 Å². The highest BCUT2D eigenvalue weighted by Crippen LogP contribution is 2.26. The molecule has 0 unspecified atom stereocenters. The van der Waals surface area contributed by atoms with E-state index in [0.29, 0.717) is 6.04 Å². The summed E-state index contributed by atoms with van der Waals surface area (Å²) < 4.78 is 5.53. The van der Waals surface area contributed by atoms with E-state index in [1.807, 2.05) is 25.3 Å². The summed E-state index contributed by atoms with van der Waals surface area (Å²) >= 11 is 0. The Labute approximate surface area is 149 Å². The third-order valence-corrected chi connectivity index (χ3v) is 5.15. The Morgan fingerprint density at radius 1 is 1.28 bits per heavy atom. The van der Waals surface area contributed by atoms with Gasteiger partial charge in [-0.2, -0.15) is 5.10 Å². The molecule has 2 aromatic rings. The number of aromatic nitrogens is 3. The fraction of sp³-hybridized carbons (Fsp3) is 0.526. The molecule has 1 aliphatic rings. The van der Waals surface area contributed by atoms with Gasteiger partial charge in [-0.1, -0.05) is 0 Å². The summed E-state index contributed by atoms with van der Waals surface area (Å²) in [6.07, 6.45) is 5.87. The summed E-state index contributed by atoms with van der Waals surface area (Å²) in [5.74, 6) is 1.91. The van der Waals surface area contributed by atoms with Gasteiger partial charge in [-0.3, -0.25) is 9.88 Å². The van der Waals surface area contributed by atoms with Crippen LogP contribution >= 0.6 is 0 Å². The highest BCUT2D eigenvalue weighted by atomic mass is 16.5. The maximum atomic E-state index is 5.53. The van der Waals surface area contributed by atoms with Crippen LogP contribution in [-0.4, -0.2) is 53.4 Å². The molecule has 0 amide bonds. The van der Waals surface area contributed by atoms with Crippen LogP contribution in [0.5, 0.6) is 5.75 Å². The Balaban J connectivity index is 1.60. The molecule has 6 heteroatoms. The average molecular weight is 341 g/mol. The fourth-order valence-corrected chi connectivity index (χ4v) is 3.58. The number of pyridine rings is 1. The second-order valence-corrected chi connectivity index (χ2v) is 6.75. The van der Waals surface area contributed by atoms with Gasteiger partial charge in [0.05, 0.1) is 12.8 Å². The number of likely N-dealkylation sites (tertiary alicyclic amines) is 1. The van der Waals surface area contributed by atoms with Gasteiger partial charge in [0.1, 0.15) is 5.75 Å². The number of methoxy groups -OCH3 is 1. The molecule has 0 atom stereocenters. The lowest BCUT2D eigenvalue weighted by atomic mass is 10.0.